The lowest BCUT2D eigenvalue weighted by atomic mass is 9.80. The molecule has 7 heteroatoms. The molecule has 1 atom stereocenters. The Morgan fingerprint density at radius 3 is 2.71 bits per heavy atom. The maximum atomic E-state index is 13.5. The lowest BCUT2D eigenvalue weighted by molar-refractivity contribution is -0.0195. The summed E-state index contributed by atoms with van der Waals surface area (Å²) in [6.45, 7) is 5.84. The van der Waals surface area contributed by atoms with Gasteiger partial charge in [0.05, 0.1) is 22.7 Å². The van der Waals surface area contributed by atoms with Crippen LogP contribution in [0.4, 0.5) is 0 Å². The van der Waals surface area contributed by atoms with Crippen molar-refractivity contribution in [2.45, 2.75) is 44.8 Å². The number of likely N-dealkylation sites (tertiary alicyclic amines) is 1. The largest absolute Gasteiger partial charge is 0.487 e. The molecule has 162 valence electrons. The van der Waals surface area contributed by atoms with Crippen LogP contribution in [-0.2, 0) is 7.05 Å². The minimum absolute atomic E-state index is 0.0867. The maximum Gasteiger partial charge on any atom is 0.252 e. The fourth-order valence-electron chi connectivity index (χ4n) is 5.06. The lowest BCUT2D eigenvalue weighted by Crippen LogP contribution is -2.51. The van der Waals surface area contributed by atoms with Gasteiger partial charge in [0.25, 0.3) is 5.91 Å². The molecule has 1 saturated heterocycles. The van der Waals surface area contributed by atoms with E-state index in [1.54, 1.807) is 4.68 Å². The molecule has 1 N–H and O–H groups in total. The summed E-state index contributed by atoms with van der Waals surface area (Å²) < 4.78 is 8.28. The van der Waals surface area contributed by atoms with Crippen molar-refractivity contribution in [3.05, 3.63) is 52.8 Å². The number of aromatic nitrogens is 3. The Morgan fingerprint density at radius 2 is 1.94 bits per heavy atom. The number of nitrogens with zero attached hydrogens (tertiary/aromatic N) is 4. The van der Waals surface area contributed by atoms with Crippen LogP contribution in [0.5, 0.6) is 5.75 Å². The Bertz CT molecular complexity index is 1160. The minimum Gasteiger partial charge on any atom is -0.487 e. The molecular weight excluding hydrogens is 390 g/mol. The van der Waals surface area contributed by atoms with Crippen LogP contribution in [0.3, 0.4) is 0 Å². The Kier molecular flexibility index (Phi) is 4.73. The molecule has 1 spiro atoms. The fraction of sp³-hybridized carbons (Fsp3) is 0.458. The van der Waals surface area contributed by atoms with Crippen LogP contribution in [0.2, 0.25) is 0 Å². The van der Waals surface area contributed by atoms with E-state index in [0.717, 1.165) is 66.1 Å². The molecule has 2 aliphatic heterocycles. The van der Waals surface area contributed by atoms with Crippen molar-refractivity contribution in [2.24, 2.45) is 7.05 Å². The summed E-state index contributed by atoms with van der Waals surface area (Å²) >= 11 is 0. The number of amides is 1. The topological polar surface area (TPSA) is 72.3 Å². The van der Waals surface area contributed by atoms with Gasteiger partial charge in [-0.05, 0) is 45.9 Å². The van der Waals surface area contributed by atoms with Crippen molar-refractivity contribution in [1.29, 1.82) is 0 Å². The maximum absolute atomic E-state index is 13.5. The quantitative estimate of drug-likeness (QED) is 0.690. The van der Waals surface area contributed by atoms with Gasteiger partial charge in [-0.15, -0.1) is 0 Å². The van der Waals surface area contributed by atoms with Gasteiger partial charge in [0, 0.05) is 37.8 Å². The van der Waals surface area contributed by atoms with Gasteiger partial charge in [-0.3, -0.25) is 9.48 Å². The molecular formula is C24H29N5O2. The Balaban J connectivity index is 1.51. The molecule has 0 saturated carbocycles. The molecule has 3 aromatic rings. The van der Waals surface area contributed by atoms with Gasteiger partial charge in [-0.2, -0.15) is 5.10 Å². The average Bonchev–Trinajstić information content (AvgIpc) is 3.03. The van der Waals surface area contributed by atoms with E-state index in [9.17, 15) is 4.79 Å². The highest BCUT2D eigenvalue weighted by atomic mass is 16.5. The zero-order chi connectivity index (χ0) is 21.8. The van der Waals surface area contributed by atoms with E-state index in [2.05, 4.69) is 33.4 Å². The van der Waals surface area contributed by atoms with Gasteiger partial charge in [0.1, 0.15) is 11.4 Å². The number of ether oxygens (including phenoxy) is 1. The van der Waals surface area contributed by atoms with Crippen molar-refractivity contribution in [1.82, 2.24) is 25.0 Å². The van der Waals surface area contributed by atoms with E-state index in [1.165, 1.54) is 0 Å². The van der Waals surface area contributed by atoms with E-state index < -0.39 is 0 Å². The van der Waals surface area contributed by atoms with E-state index >= 15 is 0 Å². The van der Waals surface area contributed by atoms with E-state index in [4.69, 9.17) is 4.74 Å². The smallest absolute Gasteiger partial charge is 0.252 e. The molecule has 1 amide bonds. The summed E-state index contributed by atoms with van der Waals surface area (Å²) in [5.74, 6) is 0.800. The number of pyridine rings is 1. The van der Waals surface area contributed by atoms with Crippen LogP contribution in [0.1, 0.15) is 52.6 Å². The zero-order valence-corrected chi connectivity index (χ0v) is 18.6. The summed E-state index contributed by atoms with van der Waals surface area (Å²) in [7, 11) is 4.01. The second-order valence-corrected chi connectivity index (χ2v) is 9.08. The highest BCUT2D eigenvalue weighted by Gasteiger charge is 2.43. The van der Waals surface area contributed by atoms with Crippen molar-refractivity contribution in [3.8, 4) is 5.75 Å². The molecule has 5 rings (SSSR count). The third kappa shape index (κ3) is 3.47. The number of aryl methyl sites for hydroxylation is 3. The molecule has 7 nitrogen and oxygen atoms in total. The molecule has 0 aliphatic carbocycles. The number of para-hydroxylation sites is 1. The summed E-state index contributed by atoms with van der Waals surface area (Å²) in [6, 6.07) is 9.86. The molecule has 0 radical (unpaired) electrons. The summed E-state index contributed by atoms with van der Waals surface area (Å²) in [6.07, 6.45) is 2.71. The van der Waals surface area contributed by atoms with Gasteiger partial charge in [0.15, 0.2) is 5.65 Å². The van der Waals surface area contributed by atoms with Crippen LogP contribution < -0.4 is 10.1 Å². The molecule has 31 heavy (non-hydrogen) atoms. The van der Waals surface area contributed by atoms with Crippen molar-refractivity contribution < 1.29 is 9.53 Å². The number of nitrogens with one attached hydrogen (secondary N) is 1. The van der Waals surface area contributed by atoms with Crippen LogP contribution in [-0.4, -0.2) is 51.3 Å². The van der Waals surface area contributed by atoms with E-state index in [0.29, 0.717) is 5.56 Å². The number of carbonyl (C=O) groups is 1. The normalized spacial score (nSPS) is 20.5. The number of rotatable bonds is 2. The Hall–Kier alpha value is -2.93. The number of carbonyl (C=O) groups excluding carboxylic acids is 1. The summed E-state index contributed by atoms with van der Waals surface area (Å²) in [5, 5.41) is 8.63. The first-order valence-electron chi connectivity index (χ1n) is 10.9. The SMILES string of the molecule is Cc1cc(C(=O)NC2CC3(CCN(C)CC3)Oc3ccccc32)c2c(C)nn(C)c2n1. The van der Waals surface area contributed by atoms with Crippen LogP contribution in [0, 0.1) is 13.8 Å². The van der Waals surface area contributed by atoms with Crippen LogP contribution >= 0.6 is 0 Å². The summed E-state index contributed by atoms with van der Waals surface area (Å²) in [4.78, 5) is 20.5. The number of fused-ring (bicyclic) bond motifs is 2. The molecule has 2 aliphatic rings. The number of piperidine rings is 1. The standard InChI is InChI=1S/C24H29N5O2/c1-15-13-18(21-16(2)27-29(4)22(21)25-15)23(30)26-19-14-24(9-11-28(3)12-10-24)31-20-8-6-5-7-17(19)20/h5-8,13,19H,9-12,14H2,1-4H3,(H,26,30). The predicted octanol–water partition coefficient (Wildman–Crippen LogP) is 3.30. The summed E-state index contributed by atoms with van der Waals surface area (Å²) in [5.41, 5.74) is 3.81. The van der Waals surface area contributed by atoms with Gasteiger partial charge >= 0.3 is 0 Å². The molecule has 0 bridgehead atoms. The van der Waals surface area contributed by atoms with Gasteiger partial charge in [-0.1, -0.05) is 18.2 Å². The van der Waals surface area contributed by atoms with Crippen molar-refractivity contribution in [2.75, 3.05) is 20.1 Å². The highest BCUT2D eigenvalue weighted by Crippen LogP contribution is 2.44. The van der Waals surface area contributed by atoms with Gasteiger partial charge < -0.3 is 15.0 Å². The Morgan fingerprint density at radius 1 is 1.19 bits per heavy atom. The zero-order valence-electron chi connectivity index (χ0n) is 18.6. The van der Waals surface area contributed by atoms with Gasteiger partial charge in [0.2, 0.25) is 0 Å². The van der Waals surface area contributed by atoms with E-state index in [-0.39, 0.29) is 17.6 Å². The predicted molar refractivity (Wildman–Crippen MR) is 119 cm³/mol. The fourth-order valence-corrected chi connectivity index (χ4v) is 5.06. The third-order valence-electron chi connectivity index (χ3n) is 6.74. The van der Waals surface area contributed by atoms with E-state index in [1.807, 2.05) is 45.2 Å². The van der Waals surface area contributed by atoms with Crippen molar-refractivity contribution >= 4 is 16.9 Å². The second-order valence-electron chi connectivity index (χ2n) is 9.08. The first-order chi connectivity index (χ1) is 14.8. The second kappa shape index (κ2) is 7.34. The molecule has 4 heterocycles. The first kappa shape index (κ1) is 20.0. The minimum atomic E-state index is -0.230. The number of hydrogen-bond donors (Lipinski definition) is 1. The molecule has 2 aromatic heterocycles. The molecule has 1 aromatic carbocycles. The van der Waals surface area contributed by atoms with Crippen molar-refractivity contribution in [3.63, 3.8) is 0 Å². The molecule has 1 fully saturated rings. The highest BCUT2D eigenvalue weighted by molar-refractivity contribution is 6.06. The van der Waals surface area contributed by atoms with Crippen LogP contribution in [0.25, 0.3) is 11.0 Å². The average molecular weight is 420 g/mol. The first-order valence-corrected chi connectivity index (χ1v) is 10.9. The number of benzene rings is 1. The Labute approximate surface area is 182 Å². The lowest BCUT2D eigenvalue weighted by Gasteiger charge is -2.46. The van der Waals surface area contributed by atoms with Gasteiger partial charge in [-0.25, -0.2) is 4.98 Å². The third-order valence-corrected chi connectivity index (χ3v) is 6.74. The number of hydrogen-bond acceptors (Lipinski definition) is 5. The van der Waals surface area contributed by atoms with Crippen LogP contribution in [0.15, 0.2) is 30.3 Å². The molecule has 1 unspecified atom stereocenters. The monoisotopic (exact) mass is 419 g/mol.